The van der Waals surface area contributed by atoms with Crippen molar-refractivity contribution < 1.29 is 14.6 Å². The van der Waals surface area contributed by atoms with Crippen LogP contribution in [0.25, 0.3) is 10.9 Å². The summed E-state index contributed by atoms with van der Waals surface area (Å²) in [6.45, 7) is 0. The predicted molar refractivity (Wildman–Crippen MR) is 77.4 cm³/mol. The van der Waals surface area contributed by atoms with Crippen LogP contribution in [0.2, 0.25) is 0 Å². The Morgan fingerprint density at radius 1 is 1.29 bits per heavy atom. The first-order valence-electron chi connectivity index (χ1n) is 6.27. The molecule has 1 aromatic heterocycles. The van der Waals surface area contributed by atoms with E-state index in [1.807, 2.05) is 0 Å². The minimum absolute atomic E-state index is 0.152. The fourth-order valence-electron chi connectivity index (χ4n) is 2.14. The van der Waals surface area contributed by atoms with Crippen molar-refractivity contribution in [1.82, 2.24) is 9.78 Å². The molecule has 21 heavy (non-hydrogen) atoms. The predicted octanol–water partition coefficient (Wildman–Crippen LogP) is 2.17. The van der Waals surface area contributed by atoms with Crippen LogP contribution in [0.3, 0.4) is 0 Å². The molecule has 1 heterocycles. The van der Waals surface area contributed by atoms with Crippen molar-refractivity contribution in [2.75, 3.05) is 0 Å². The topological polar surface area (TPSA) is 90.4 Å². The molecule has 6 heteroatoms. The number of phenolic OH excluding ortho intramolecular Hbond substituents is 1. The number of primary amides is 1. The number of rotatable bonds is 3. The molecule has 106 valence electrons. The third kappa shape index (κ3) is 2.38. The number of phenols is 1. The zero-order valence-corrected chi connectivity index (χ0v) is 11.3. The molecule has 0 fully saturated rings. The van der Waals surface area contributed by atoms with Gasteiger partial charge in [-0.2, -0.15) is 5.10 Å². The summed E-state index contributed by atoms with van der Waals surface area (Å²) in [6, 6.07) is 9.57. The van der Waals surface area contributed by atoms with Crippen molar-refractivity contribution in [2.24, 2.45) is 12.8 Å². The van der Waals surface area contributed by atoms with Gasteiger partial charge in [0.25, 0.3) is 0 Å². The molecule has 3 rings (SSSR count). The quantitative estimate of drug-likeness (QED) is 0.770. The summed E-state index contributed by atoms with van der Waals surface area (Å²) < 4.78 is 7.46. The third-order valence-corrected chi connectivity index (χ3v) is 3.15. The summed E-state index contributed by atoms with van der Waals surface area (Å²) in [4.78, 5) is 11.4. The van der Waals surface area contributed by atoms with Crippen LogP contribution < -0.4 is 10.5 Å². The van der Waals surface area contributed by atoms with Crippen molar-refractivity contribution in [3.63, 3.8) is 0 Å². The second-order valence-electron chi connectivity index (χ2n) is 4.64. The molecule has 1 amide bonds. The number of nitrogens with zero attached hydrogens (tertiary/aromatic N) is 2. The average molecular weight is 283 g/mol. The number of hydrogen-bond donors (Lipinski definition) is 2. The first-order valence-corrected chi connectivity index (χ1v) is 6.27. The lowest BCUT2D eigenvalue weighted by Gasteiger charge is -2.09. The van der Waals surface area contributed by atoms with Gasteiger partial charge in [-0.25, -0.2) is 0 Å². The first-order chi connectivity index (χ1) is 10.0. The highest BCUT2D eigenvalue weighted by Gasteiger charge is 2.13. The molecule has 0 aliphatic rings. The molecule has 0 atom stereocenters. The molecule has 3 aromatic rings. The van der Waals surface area contributed by atoms with Crippen LogP contribution >= 0.6 is 0 Å². The van der Waals surface area contributed by atoms with Crippen LogP contribution in [-0.2, 0) is 7.05 Å². The van der Waals surface area contributed by atoms with E-state index in [2.05, 4.69) is 5.10 Å². The number of aromatic nitrogens is 2. The van der Waals surface area contributed by atoms with E-state index in [0.717, 1.165) is 10.9 Å². The van der Waals surface area contributed by atoms with Crippen LogP contribution in [0.4, 0.5) is 0 Å². The Balaban J connectivity index is 2.12. The van der Waals surface area contributed by atoms with Crippen molar-refractivity contribution in [2.45, 2.75) is 0 Å². The van der Waals surface area contributed by atoms with Gasteiger partial charge >= 0.3 is 0 Å². The zero-order valence-electron chi connectivity index (χ0n) is 11.3. The molecule has 0 saturated heterocycles. The van der Waals surface area contributed by atoms with Crippen molar-refractivity contribution >= 4 is 16.8 Å². The fraction of sp³-hybridized carbons (Fsp3) is 0.0667. The van der Waals surface area contributed by atoms with E-state index in [9.17, 15) is 9.90 Å². The van der Waals surface area contributed by atoms with Gasteiger partial charge < -0.3 is 15.6 Å². The largest absolute Gasteiger partial charge is 0.508 e. The highest BCUT2D eigenvalue weighted by molar-refractivity contribution is 5.99. The van der Waals surface area contributed by atoms with Gasteiger partial charge in [0, 0.05) is 18.0 Å². The summed E-state index contributed by atoms with van der Waals surface area (Å²) in [6.07, 6.45) is 1.64. The SMILES string of the molecule is Cn1ncc2cc(C(N)=O)cc(Oc3ccc(O)cc3)c21. The minimum atomic E-state index is -0.531. The van der Waals surface area contributed by atoms with Gasteiger partial charge in [-0.05, 0) is 36.4 Å². The summed E-state index contributed by atoms with van der Waals surface area (Å²) in [5, 5.41) is 14.2. The number of aromatic hydroxyl groups is 1. The van der Waals surface area contributed by atoms with Crippen LogP contribution in [-0.4, -0.2) is 20.8 Å². The molecule has 0 radical (unpaired) electrons. The Morgan fingerprint density at radius 2 is 2.00 bits per heavy atom. The third-order valence-electron chi connectivity index (χ3n) is 3.15. The van der Waals surface area contributed by atoms with Crippen molar-refractivity contribution in [1.29, 1.82) is 0 Å². The molecule has 6 nitrogen and oxygen atoms in total. The molecule has 3 N–H and O–H groups in total. The molecule has 0 saturated carbocycles. The van der Waals surface area contributed by atoms with Gasteiger partial charge in [0.05, 0.1) is 6.20 Å². The van der Waals surface area contributed by atoms with Crippen LogP contribution in [0.1, 0.15) is 10.4 Å². The minimum Gasteiger partial charge on any atom is -0.508 e. The number of carbonyl (C=O) groups excluding carboxylic acids is 1. The second-order valence-corrected chi connectivity index (χ2v) is 4.64. The molecule has 2 aromatic carbocycles. The Morgan fingerprint density at radius 3 is 2.67 bits per heavy atom. The molecule has 0 bridgehead atoms. The lowest BCUT2D eigenvalue weighted by Crippen LogP contribution is -2.11. The van der Waals surface area contributed by atoms with Gasteiger partial charge in [0.2, 0.25) is 5.91 Å². The Hall–Kier alpha value is -3.02. The Kier molecular flexibility index (Phi) is 2.98. The maximum absolute atomic E-state index is 11.4. The van der Waals surface area contributed by atoms with E-state index >= 15 is 0 Å². The van der Waals surface area contributed by atoms with Gasteiger partial charge in [0.15, 0.2) is 5.75 Å². The number of hydrogen-bond acceptors (Lipinski definition) is 4. The fourth-order valence-corrected chi connectivity index (χ4v) is 2.14. The van der Waals surface area contributed by atoms with Crippen LogP contribution in [0.5, 0.6) is 17.2 Å². The van der Waals surface area contributed by atoms with Gasteiger partial charge in [-0.15, -0.1) is 0 Å². The molecular weight excluding hydrogens is 270 g/mol. The molecule has 0 aliphatic carbocycles. The smallest absolute Gasteiger partial charge is 0.248 e. The number of aryl methyl sites for hydroxylation is 1. The summed E-state index contributed by atoms with van der Waals surface area (Å²) in [5.41, 5.74) is 6.45. The normalized spacial score (nSPS) is 10.7. The number of fused-ring (bicyclic) bond motifs is 1. The number of carbonyl (C=O) groups is 1. The second kappa shape index (κ2) is 4.82. The van der Waals surface area contributed by atoms with E-state index in [1.54, 1.807) is 42.2 Å². The van der Waals surface area contributed by atoms with Crippen molar-refractivity contribution in [3.8, 4) is 17.2 Å². The number of amides is 1. The number of benzene rings is 2. The maximum atomic E-state index is 11.4. The first kappa shape index (κ1) is 13.0. The Bertz CT molecular complexity index is 822. The van der Waals surface area contributed by atoms with E-state index in [-0.39, 0.29) is 5.75 Å². The average Bonchev–Trinajstić information content (AvgIpc) is 2.83. The van der Waals surface area contributed by atoms with Crippen molar-refractivity contribution in [3.05, 3.63) is 48.2 Å². The molecule has 0 spiro atoms. The van der Waals surface area contributed by atoms with Crippen LogP contribution in [0.15, 0.2) is 42.6 Å². The summed E-state index contributed by atoms with van der Waals surface area (Å²) in [5.74, 6) is 0.638. The lowest BCUT2D eigenvalue weighted by molar-refractivity contribution is 0.1000. The van der Waals surface area contributed by atoms with Crippen LogP contribution in [0, 0.1) is 0 Å². The van der Waals surface area contributed by atoms with E-state index < -0.39 is 5.91 Å². The zero-order chi connectivity index (χ0) is 15.0. The summed E-state index contributed by atoms with van der Waals surface area (Å²) in [7, 11) is 1.79. The monoisotopic (exact) mass is 283 g/mol. The van der Waals surface area contributed by atoms with Gasteiger partial charge in [0.1, 0.15) is 17.0 Å². The molecule has 0 unspecified atom stereocenters. The molecule has 0 aliphatic heterocycles. The number of ether oxygens (including phenoxy) is 1. The highest BCUT2D eigenvalue weighted by atomic mass is 16.5. The van der Waals surface area contributed by atoms with Gasteiger partial charge in [-0.1, -0.05) is 0 Å². The molecular formula is C15H13N3O3. The lowest BCUT2D eigenvalue weighted by atomic mass is 10.1. The maximum Gasteiger partial charge on any atom is 0.248 e. The van der Waals surface area contributed by atoms with E-state index in [0.29, 0.717) is 17.1 Å². The highest BCUT2D eigenvalue weighted by Crippen LogP contribution is 2.31. The number of nitrogens with two attached hydrogens (primary N) is 1. The Labute approximate surface area is 120 Å². The summed E-state index contributed by atoms with van der Waals surface area (Å²) >= 11 is 0. The van der Waals surface area contributed by atoms with E-state index in [4.69, 9.17) is 10.5 Å². The van der Waals surface area contributed by atoms with Gasteiger partial charge in [-0.3, -0.25) is 9.48 Å². The van der Waals surface area contributed by atoms with E-state index in [1.165, 1.54) is 12.1 Å². The standard InChI is InChI=1S/C15H13N3O3/c1-18-14-10(8-17-18)6-9(15(16)20)7-13(14)21-12-4-2-11(19)3-5-12/h2-8,19H,1H3,(H2,16,20).